The predicted octanol–water partition coefficient (Wildman–Crippen LogP) is 3.68. The molecule has 0 fully saturated rings. The van der Waals surface area contributed by atoms with Crippen LogP contribution < -0.4 is 4.74 Å². The van der Waals surface area contributed by atoms with E-state index in [1.54, 1.807) is 36.4 Å². The van der Waals surface area contributed by atoms with Crippen molar-refractivity contribution >= 4 is 26.9 Å². The number of aryl methyl sites for hydroxylation is 1. The molecule has 7 heteroatoms. The van der Waals surface area contributed by atoms with Crippen LogP contribution in [0.15, 0.2) is 59.6 Å². The summed E-state index contributed by atoms with van der Waals surface area (Å²) in [5.41, 5.74) is 1.15. The summed E-state index contributed by atoms with van der Waals surface area (Å²) in [5.74, 6) is -0.319. The molecular weight excluding hydrogens is 366 g/mol. The lowest BCUT2D eigenvalue weighted by Gasteiger charge is -2.11. The van der Waals surface area contributed by atoms with Gasteiger partial charge in [-0.1, -0.05) is 18.2 Å². The molecule has 1 N–H and O–H groups in total. The van der Waals surface area contributed by atoms with Gasteiger partial charge in [-0.3, -0.25) is 4.79 Å². The molecule has 0 aliphatic rings. The van der Waals surface area contributed by atoms with Crippen molar-refractivity contribution in [3.05, 3.63) is 60.3 Å². The Morgan fingerprint density at radius 1 is 1.15 bits per heavy atom. The van der Waals surface area contributed by atoms with Gasteiger partial charge < -0.3 is 9.84 Å². The topological polar surface area (TPSA) is 85.6 Å². The molecule has 3 rings (SSSR count). The molecule has 0 saturated heterocycles. The fraction of sp³-hybridized carbons (Fsp3) is 0.250. The minimum absolute atomic E-state index is 0.0277. The number of carboxylic acids is 1. The van der Waals surface area contributed by atoms with Crippen molar-refractivity contribution in [1.82, 2.24) is 3.97 Å². The van der Waals surface area contributed by atoms with Gasteiger partial charge in [0.25, 0.3) is 10.0 Å². The molecule has 27 heavy (non-hydrogen) atoms. The molecule has 0 radical (unpaired) electrons. The number of fused-ring (bicyclic) bond motifs is 1. The van der Waals surface area contributed by atoms with Crippen LogP contribution >= 0.6 is 0 Å². The maximum Gasteiger partial charge on any atom is 0.303 e. The Hall–Kier alpha value is -2.80. The van der Waals surface area contributed by atoms with Gasteiger partial charge in [0, 0.05) is 18.0 Å². The molecule has 1 heterocycles. The third kappa shape index (κ3) is 3.98. The van der Waals surface area contributed by atoms with Gasteiger partial charge in [0.05, 0.1) is 16.5 Å². The van der Waals surface area contributed by atoms with Crippen molar-refractivity contribution in [2.24, 2.45) is 0 Å². The second kappa shape index (κ2) is 7.44. The Kier molecular flexibility index (Phi) is 5.23. The monoisotopic (exact) mass is 387 g/mol. The lowest BCUT2D eigenvalue weighted by atomic mass is 10.1. The van der Waals surface area contributed by atoms with Gasteiger partial charge in [-0.25, -0.2) is 12.4 Å². The van der Waals surface area contributed by atoms with E-state index >= 15 is 0 Å². The maximum atomic E-state index is 13.1. The van der Waals surface area contributed by atoms with Crippen molar-refractivity contribution in [3.8, 4) is 5.75 Å². The Balaban J connectivity index is 2.17. The number of rotatable bonds is 7. The van der Waals surface area contributed by atoms with Crippen molar-refractivity contribution in [1.29, 1.82) is 0 Å². The smallest absolute Gasteiger partial charge is 0.303 e. The van der Waals surface area contributed by atoms with Crippen molar-refractivity contribution in [3.63, 3.8) is 0 Å². The summed E-state index contributed by atoms with van der Waals surface area (Å²) in [6.07, 6.45) is 1.63. The number of nitrogens with zero attached hydrogens (tertiary/aromatic N) is 1. The molecular formula is C20H21NO5S. The lowest BCUT2D eigenvalue weighted by Crippen LogP contribution is -2.11. The summed E-state index contributed by atoms with van der Waals surface area (Å²) in [6.45, 7) is 3.81. The van der Waals surface area contributed by atoms with E-state index in [0.29, 0.717) is 22.2 Å². The van der Waals surface area contributed by atoms with Crippen LogP contribution in [-0.4, -0.2) is 29.6 Å². The van der Waals surface area contributed by atoms with Crippen LogP contribution in [0.5, 0.6) is 5.75 Å². The molecule has 0 saturated carbocycles. The summed E-state index contributed by atoms with van der Waals surface area (Å²) in [5, 5.41) is 9.69. The quantitative estimate of drug-likeness (QED) is 0.668. The molecule has 3 aromatic rings. The number of ether oxygens (including phenoxy) is 1. The molecule has 0 spiro atoms. The van der Waals surface area contributed by atoms with E-state index in [2.05, 4.69) is 0 Å². The molecule has 0 bridgehead atoms. The molecule has 0 unspecified atom stereocenters. The Labute approximate surface area is 158 Å². The minimum Gasteiger partial charge on any atom is -0.491 e. The van der Waals surface area contributed by atoms with Gasteiger partial charge in [-0.05, 0) is 56.2 Å². The SMILES string of the molecule is CC(C)Oc1ccc2c(c1)c(CCC(=O)O)cn2S(=O)(=O)c1ccccc1. The third-order valence-electron chi connectivity index (χ3n) is 4.10. The Morgan fingerprint density at radius 2 is 1.85 bits per heavy atom. The number of carbonyl (C=O) groups is 1. The van der Waals surface area contributed by atoms with Crippen LogP contribution in [0, 0.1) is 0 Å². The second-order valence-electron chi connectivity index (χ2n) is 6.51. The first kappa shape index (κ1) is 19.0. The third-order valence-corrected chi connectivity index (χ3v) is 5.79. The van der Waals surface area contributed by atoms with Gasteiger partial charge >= 0.3 is 5.97 Å². The Bertz CT molecular complexity index is 1070. The maximum absolute atomic E-state index is 13.1. The van der Waals surface area contributed by atoms with E-state index in [1.165, 1.54) is 22.3 Å². The largest absolute Gasteiger partial charge is 0.491 e. The Morgan fingerprint density at radius 3 is 2.48 bits per heavy atom. The number of hydrogen-bond donors (Lipinski definition) is 1. The van der Waals surface area contributed by atoms with Crippen LogP contribution in [0.3, 0.4) is 0 Å². The average Bonchev–Trinajstić information content (AvgIpc) is 2.99. The molecule has 1 aromatic heterocycles. The van der Waals surface area contributed by atoms with Crippen molar-refractivity contribution < 1.29 is 23.1 Å². The van der Waals surface area contributed by atoms with Crippen molar-refractivity contribution in [2.75, 3.05) is 0 Å². The van der Waals surface area contributed by atoms with E-state index in [4.69, 9.17) is 9.84 Å². The predicted molar refractivity (Wildman–Crippen MR) is 103 cm³/mol. The lowest BCUT2D eigenvalue weighted by molar-refractivity contribution is -0.136. The minimum atomic E-state index is -3.79. The summed E-state index contributed by atoms with van der Waals surface area (Å²) in [6, 6.07) is 13.3. The zero-order chi connectivity index (χ0) is 19.6. The van der Waals surface area contributed by atoms with Gasteiger partial charge in [-0.2, -0.15) is 0 Å². The van der Waals surface area contributed by atoms with Crippen LogP contribution in [0.4, 0.5) is 0 Å². The summed E-state index contributed by atoms with van der Waals surface area (Å²) < 4.78 is 33.1. The highest BCUT2D eigenvalue weighted by Gasteiger charge is 2.21. The van der Waals surface area contributed by atoms with Crippen LogP contribution in [0.1, 0.15) is 25.8 Å². The van der Waals surface area contributed by atoms with Gasteiger partial charge in [0.15, 0.2) is 0 Å². The molecule has 2 aromatic carbocycles. The highest BCUT2D eigenvalue weighted by molar-refractivity contribution is 7.90. The van der Waals surface area contributed by atoms with Crippen molar-refractivity contribution in [2.45, 2.75) is 37.7 Å². The number of aliphatic carboxylic acids is 1. The highest BCUT2D eigenvalue weighted by atomic mass is 32.2. The number of hydrogen-bond acceptors (Lipinski definition) is 4. The zero-order valence-corrected chi connectivity index (χ0v) is 15.9. The normalized spacial score (nSPS) is 11.8. The summed E-state index contributed by atoms with van der Waals surface area (Å²) in [4.78, 5) is 11.2. The first-order valence-corrected chi connectivity index (χ1v) is 10.1. The van der Waals surface area contributed by atoms with Gasteiger partial charge in [0.2, 0.25) is 0 Å². The van der Waals surface area contributed by atoms with Crippen LogP contribution in [0.25, 0.3) is 10.9 Å². The van der Waals surface area contributed by atoms with E-state index < -0.39 is 16.0 Å². The van der Waals surface area contributed by atoms with Crippen LogP contribution in [0.2, 0.25) is 0 Å². The molecule has 0 aliphatic carbocycles. The van der Waals surface area contributed by atoms with Crippen LogP contribution in [-0.2, 0) is 21.2 Å². The van der Waals surface area contributed by atoms with E-state index in [-0.39, 0.29) is 23.8 Å². The summed E-state index contributed by atoms with van der Waals surface area (Å²) >= 11 is 0. The molecule has 6 nitrogen and oxygen atoms in total. The fourth-order valence-corrected chi connectivity index (χ4v) is 4.35. The average molecular weight is 387 g/mol. The van der Waals surface area contributed by atoms with Gasteiger partial charge in [-0.15, -0.1) is 0 Å². The zero-order valence-electron chi connectivity index (χ0n) is 15.1. The van der Waals surface area contributed by atoms with E-state index in [1.807, 2.05) is 13.8 Å². The first-order valence-electron chi connectivity index (χ1n) is 8.62. The van der Waals surface area contributed by atoms with E-state index in [0.717, 1.165) is 0 Å². The summed E-state index contributed by atoms with van der Waals surface area (Å²) in [7, 11) is -3.79. The van der Waals surface area contributed by atoms with E-state index in [9.17, 15) is 13.2 Å². The second-order valence-corrected chi connectivity index (χ2v) is 8.32. The standard InChI is InChI=1S/C20H21NO5S/c1-14(2)26-16-9-10-19-18(12-16)15(8-11-20(22)23)13-21(19)27(24,25)17-6-4-3-5-7-17/h3-7,9-10,12-14H,8,11H2,1-2H3,(H,22,23). The molecule has 0 atom stereocenters. The first-order chi connectivity index (χ1) is 12.8. The molecule has 0 aliphatic heterocycles. The van der Waals surface area contributed by atoms with Gasteiger partial charge in [0.1, 0.15) is 5.75 Å². The molecule has 0 amide bonds. The number of benzene rings is 2. The number of aromatic nitrogens is 1. The highest BCUT2D eigenvalue weighted by Crippen LogP contribution is 2.30. The molecule has 142 valence electrons. The fourth-order valence-electron chi connectivity index (χ4n) is 2.94. The number of carboxylic acid groups (broad SMARTS) is 1.